The van der Waals surface area contributed by atoms with Gasteiger partial charge in [0.2, 0.25) is 0 Å². The van der Waals surface area contributed by atoms with Crippen molar-refractivity contribution in [1.82, 2.24) is 0 Å². The molecule has 0 radical (unpaired) electrons. The fourth-order valence-electron chi connectivity index (χ4n) is 4.25. The van der Waals surface area contributed by atoms with Gasteiger partial charge in [-0.2, -0.15) is 0 Å². The van der Waals surface area contributed by atoms with E-state index in [4.69, 9.17) is 9.47 Å². The van der Waals surface area contributed by atoms with Gasteiger partial charge in [-0.3, -0.25) is 4.79 Å². The standard InChI is InChI=1S/C16H20O4/c1-7(2)15(20-8(3)17)14-12-9-5-10(13(12)14)11(6-9)16(18)19-4/h6,9-10,12-14H,5H2,1-4H3/t9-,10+,12-,13+,14+/m1/s1. The lowest BCUT2D eigenvalue weighted by Crippen LogP contribution is -2.14. The van der Waals surface area contributed by atoms with Crippen molar-refractivity contribution in [3.8, 4) is 0 Å². The van der Waals surface area contributed by atoms with Gasteiger partial charge in [0.25, 0.3) is 0 Å². The van der Waals surface area contributed by atoms with E-state index >= 15 is 0 Å². The molecule has 0 aromatic carbocycles. The Morgan fingerprint density at radius 3 is 2.45 bits per heavy atom. The van der Waals surface area contributed by atoms with Crippen LogP contribution in [0.3, 0.4) is 0 Å². The first-order valence-electron chi connectivity index (χ1n) is 7.11. The van der Waals surface area contributed by atoms with Crippen molar-refractivity contribution in [3.05, 3.63) is 23.0 Å². The number of fused-ring (bicyclic) bond motifs is 5. The summed E-state index contributed by atoms with van der Waals surface area (Å²) < 4.78 is 10.3. The zero-order valence-electron chi connectivity index (χ0n) is 12.3. The van der Waals surface area contributed by atoms with Gasteiger partial charge in [-0.05, 0) is 49.5 Å². The van der Waals surface area contributed by atoms with Crippen LogP contribution < -0.4 is 0 Å². The van der Waals surface area contributed by atoms with Crippen LogP contribution in [0.25, 0.3) is 0 Å². The number of allylic oxidation sites excluding steroid dienone is 3. The molecule has 0 aliphatic heterocycles. The van der Waals surface area contributed by atoms with Gasteiger partial charge >= 0.3 is 11.9 Å². The molecule has 0 heterocycles. The van der Waals surface area contributed by atoms with Crippen LogP contribution in [0.2, 0.25) is 0 Å². The van der Waals surface area contributed by atoms with Crippen molar-refractivity contribution in [3.63, 3.8) is 0 Å². The summed E-state index contributed by atoms with van der Waals surface area (Å²) in [7, 11) is 1.43. The van der Waals surface area contributed by atoms with Gasteiger partial charge in [0.15, 0.2) is 0 Å². The summed E-state index contributed by atoms with van der Waals surface area (Å²) in [5.41, 5.74) is 1.88. The first-order chi connectivity index (χ1) is 9.45. The average Bonchev–Trinajstić information content (AvgIpc) is 2.82. The summed E-state index contributed by atoms with van der Waals surface area (Å²) in [4.78, 5) is 23.0. The predicted molar refractivity (Wildman–Crippen MR) is 72.3 cm³/mol. The number of rotatable bonds is 3. The minimum atomic E-state index is -0.264. The molecule has 0 unspecified atom stereocenters. The highest BCUT2D eigenvalue weighted by atomic mass is 16.5. The molecule has 4 heteroatoms. The zero-order valence-corrected chi connectivity index (χ0v) is 12.3. The van der Waals surface area contributed by atoms with E-state index in [1.165, 1.54) is 14.0 Å². The van der Waals surface area contributed by atoms with E-state index in [-0.39, 0.29) is 17.9 Å². The lowest BCUT2D eigenvalue weighted by Gasteiger charge is -2.15. The van der Waals surface area contributed by atoms with E-state index in [9.17, 15) is 9.59 Å². The predicted octanol–water partition coefficient (Wildman–Crippen LogP) is 2.45. The van der Waals surface area contributed by atoms with E-state index in [0.717, 1.165) is 23.3 Å². The van der Waals surface area contributed by atoms with Crippen LogP contribution in [-0.4, -0.2) is 19.0 Å². The topological polar surface area (TPSA) is 52.6 Å². The minimum Gasteiger partial charge on any atom is -0.466 e. The summed E-state index contributed by atoms with van der Waals surface area (Å²) in [5.74, 6) is 2.36. The molecule has 20 heavy (non-hydrogen) atoms. The summed E-state index contributed by atoms with van der Waals surface area (Å²) in [5, 5.41) is 0. The van der Waals surface area contributed by atoms with Gasteiger partial charge < -0.3 is 9.47 Å². The number of methoxy groups -OCH3 is 1. The third kappa shape index (κ3) is 1.81. The molecule has 2 saturated carbocycles. The molecule has 2 bridgehead atoms. The maximum atomic E-state index is 11.8. The molecule has 3 rings (SSSR count). The molecule has 3 aliphatic rings. The van der Waals surface area contributed by atoms with Crippen LogP contribution in [0.4, 0.5) is 0 Å². The van der Waals surface area contributed by atoms with E-state index in [1.54, 1.807) is 0 Å². The Kier molecular flexibility index (Phi) is 3.00. The highest BCUT2D eigenvalue weighted by Crippen LogP contribution is 2.71. The van der Waals surface area contributed by atoms with E-state index in [2.05, 4.69) is 6.08 Å². The fraction of sp³-hybridized carbons (Fsp3) is 0.625. The second kappa shape index (κ2) is 4.47. The molecule has 0 N–H and O–H groups in total. The molecule has 5 atom stereocenters. The molecule has 0 amide bonds. The van der Waals surface area contributed by atoms with Crippen LogP contribution in [0.15, 0.2) is 23.0 Å². The Bertz CT molecular complexity index is 539. The lowest BCUT2D eigenvalue weighted by molar-refractivity contribution is -0.138. The van der Waals surface area contributed by atoms with E-state index in [1.807, 2.05) is 13.8 Å². The van der Waals surface area contributed by atoms with Crippen molar-refractivity contribution >= 4 is 11.9 Å². The first-order valence-corrected chi connectivity index (χ1v) is 7.11. The van der Waals surface area contributed by atoms with Gasteiger partial charge in [-0.25, -0.2) is 4.79 Å². The number of ether oxygens (including phenoxy) is 2. The first kappa shape index (κ1) is 13.4. The largest absolute Gasteiger partial charge is 0.466 e. The zero-order chi connectivity index (χ0) is 14.6. The average molecular weight is 276 g/mol. The second-order valence-electron chi connectivity index (χ2n) is 6.26. The van der Waals surface area contributed by atoms with Crippen LogP contribution in [0, 0.1) is 29.6 Å². The molecule has 0 aromatic rings. The lowest BCUT2D eigenvalue weighted by atomic mass is 9.95. The van der Waals surface area contributed by atoms with E-state index < -0.39 is 0 Å². The normalized spacial score (nSPS) is 36.0. The maximum absolute atomic E-state index is 11.8. The fourth-order valence-corrected chi connectivity index (χ4v) is 4.25. The molecule has 2 fully saturated rings. The van der Waals surface area contributed by atoms with Crippen LogP contribution in [0.1, 0.15) is 27.2 Å². The molecular weight excluding hydrogens is 256 g/mol. The van der Waals surface area contributed by atoms with Gasteiger partial charge in [-0.15, -0.1) is 0 Å². The van der Waals surface area contributed by atoms with Crippen molar-refractivity contribution in [1.29, 1.82) is 0 Å². The van der Waals surface area contributed by atoms with Gasteiger partial charge in [0.05, 0.1) is 7.11 Å². The molecular formula is C16H20O4. The Hall–Kier alpha value is -1.58. The summed E-state index contributed by atoms with van der Waals surface area (Å²) in [6.07, 6.45) is 3.13. The SMILES string of the molecule is COC(=O)C1=C[C@H]2C[C@@H]1[C@@H]1[C@@H](C(OC(C)=O)=C(C)C)[C@@H]12. The molecule has 4 nitrogen and oxygen atoms in total. The number of carbonyl (C=O) groups is 2. The number of hydrogen-bond acceptors (Lipinski definition) is 4. The Morgan fingerprint density at radius 1 is 1.20 bits per heavy atom. The second-order valence-corrected chi connectivity index (χ2v) is 6.26. The quantitative estimate of drug-likeness (QED) is 0.587. The number of hydrogen-bond donors (Lipinski definition) is 0. The summed E-state index contributed by atoms with van der Waals surface area (Å²) in [6.45, 7) is 5.39. The van der Waals surface area contributed by atoms with Gasteiger partial charge in [0.1, 0.15) is 5.76 Å². The third-order valence-electron chi connectivity index (χ3n) is 4.88. The Morgan fingerprint density at radius 2 is 1.90 bits per heavy atom. The highest BCUT2D eigenvalue weighted by molar-refractivity contribution is 5.90. The van der Waals surface area contributed by atoms with Crippen LogP contribution >= 0.6 is 0 Å². The van der Waals surface area contributed by atoms with Crippen LogP contribution in [-0.2, 0) is 19.1 Å². The van der Waals surface area contributed by atoms with Gasteiger partial charge in [-0.1, -0.05) is 6.08 Å². The summed E-state index contributed by atoms with van der Waals surface area (Å²) in [6, 6.07) is 0. The smallest absolute Gasteiger partial charge is 0.333 e. The molecule has 0 saturated heterocycles. The highest BCUT2D eigenvalue weighted by Gasteiger charge is 2.68. The van der Waals surface area contributed by atoms with Crippen LogP contribution in [0.5, 0.6) is 0 Å². The van der Waals surface area contributed by atoms with Crippen molar-refractivity contribution in [2.24, 2.45) is 29.6 Å². The number of esters is 2. The Labute approximate surface area is 118 Å². The van der Waals surface area contributed by atoms with E-state index in [0.29, 0.717) is 23.7 Å². The molecule has 108 valence electrons. The van der Waals surface area contributed by atoms with Crippen molar-refractivity contribution in [2.45, 2.75) is 27.2 Å². The maximum Gasteiger partial charge on any atom is 0.333 e. The van der Waals surface area contributed by atoms with Crippen molar-refractivity contribution < 1.29 is 19.1 Å². The molecule has 0 aromatic heterocycles. The minimum absolute atomic E-state index is 0.201. The summed E-state index contributed by atoms with van der Waals surface area (Å²) >= 11 is 0. The Balaban J connectivity index is 1.80. The third-order valence-corrected chi connectivity index (χ3v) is 4.88. The van der Waals surface area contributed by atoms with Crippen molar-refractivity contribution in [2.75, 3.05) is 7.11 Å². The monoisotopic (exact) mass is 276 g/mol. The molecule has 0 spiro atoms. The number of carbonyl (C=O) groups excluding carboxylic acids is 2. The molecule has 3 aliphatic carbocycles. The van der Waals surface area contributed by atoms with Gasteiger partial charge in [0, 0.05) is 18.4 Å².